The van der Waals surface area contributed by atoms with Gasteiger partial charge in [-0.2, -0.15) is 0 Å². The van der Waals surface area contributed by atoms with Gasteiger partial charge in [-0.05, 0) is 17.5 Å². The highest BCUT2D eigenvalue weighted by atomic mass is 32.2. The van der Waals surface area contributed by atoms with E-state index in [-0.39, 0.29) is 12.1 Å². The third kappa shape index (κ3) is 1.57. The van der Waals surface area contributed by atoms with Crippen molar-refractivity contribution in [1.82, 2.24) is 4.31 Å². The average molecular weight is 209 g/mol. The van der Waals surface area contributed by atoms with Crippen molar-refractivity contribution < 1.29 is 9.53 Å². The zero-order chi connectivity index (χ0) is 9.97. The molecule has 1 fully saturated rings. The Morgan fingerprint density at radius 1 is 1.43 bits per heavy atom. The van der Waals surface area contributed by atoms with Crippen molar-refractivity contribution >= 4 is 18.0 Å². The van der Waals surface area contributed by atoms with Gasteiger partial charge in [0.25, 0.3) is 0 Å². The minimum Gasteiger partial charge on any atom is -0.446 e. The van der Waals surface area contributed by atoms with E-state index in [1.165, 1.54) is 11.9 Å². The second-order valence-corrected chi connectivity index (χ2v) is 3.77. The van der Waals surface area contributed by atoms with E-state index in [0.29, 0.717) is 6.61 Å². The van der Waals surface area contributed by atoms with Crippen molar-refractivity contribution in [2.45, 2.75) is 6.04 Å². The molecule has 0 aromatic heterocycles. The Hall–Kier alpha value is -1.16. The maximum absolute atomic E-state index is 11.3. The molecule has 0 N–H and O–H groups in total. The van der Waals surface area contributed by atoms with Gasteiger partial charge >= 0.3 is 6.09 Å². The fourth-order valence-electron chi connectivity index (χ4n) is 1.52. The summed E-state index contributed by atoms with van der Waals surface area (Å²) in [5.41, 5.74) is 1.12. The van der Waals surface area contributed by atoms with Crippen LogP contribution in [0, 0.1) is 0 Å². The summed E-state index contributed by atoms with van der Waals surface area (Å²) >= 11 is 1.40. The lowest BCUT2D eigenvalue weighted by molar-refractivity contribution is 0.171. The summed E-state index contributed by atoms with van der Waals surface area (Å²) in [5, 5.41) is 0. The first-order chi connectivity index (χ1) is 6.83. The number of nitrogens with zero attached hydrogens (tertiary/aromatic N) is 1. The van der Waals surface area contributed by atoms with E-state index in [0.717, 1.165) is 5.56 Å². The van der Waals surface area contributed by atoms with Crippen LogP contribution in [-0.4, -0.2) is 23.3 Å². The third-order valence-electron chi connectivity index (χ3n) is 2.21. The molecule has 1 aliphatic rings. The summed E-state index contributed by atoms with van der Waals surface area (Å²) in [6.45, 7) is 0.448. The molecule has 1 heterocycles. The smallest absolute Gasteiger partial charge is 0.420 e. The third-order valence-corrected chi connectivity index (χ3v) is 3.01. The second kappa shape index (κ2) is 3.92. The number of amides is 1. The molecule has 1 aromatic carbocycles. The van der Waals surface area contributed by atoms with Crippen LogP contribution in [0.15, 0.2) is 30.3 Å². The number of carbonyl (C=O) groups excluding carboxylic acids is 1. The minimum absolute atomic E-state index is 0.0544. The zero-order valence-electron chi connectivity index (χ0n) is 7.84. The molecule has 1 aliphatic heterocycles. The highest BCUT2D eigenvalue weighted by molar-refractivity contribution is 7.96. The van der Waals surface area contributed by atoms with Crippen LogP contribution >= 0.6 is 11.9 Å². The summed E-state index contributed by atoms with van der Waals surface area (Å²) in [6, 6.07) is 9.97. The van der Waals surface area contributed by atoms with E-state index in [1.807, 2.05) is 36.6 Å². The molecule has 1 saturated heterocycles. The lowest BCUT2D eigenvalue weighted by Gasteiger charge is -2.17. The molecule has 1 atom stereocenters. The predicted molar refractivity (Wildman–Crippen MR) is 55.9 cm³/mol. The Bertz CT molecular complexity index is 328. The molecule has 74 valence electrons. The van der Waals surface area contributed by atoms with Crippen LogP contribution in [0.3, 0.4) is 0 Å². The van der Waals surface area contributed by atoms with Gasteiger partial charge in [0.05, 0.1) is 0 Å². The van der Waals surface area contributed by atoms with Gasteiger partial charge in [0.2, 0.25) is 0 Å². The van der Waals surface area contributed by atoms with E-state index >= 15 is 0 Å². The molecule has 0 unspecified atom stereocenters. The normalized spacial score (nSPS) is 21.1. The Balaban J connectivity index is 2.23. The van der Waals surface area contributed by atoms with Crippen molar-refractivity contribution in [2.75, 3.05) is 12.9 Å². The first-order valence-corrected chi connectivity index (χ1v) is 5.56. The molecule has 0 aliphatic carbocycles. The van der Waals surface area contributed by atoms with Crippen LogP contribution in [0.4, 0.5) is 4.79 Å². The van der Waals surface area contributed by atoms with Crippen LogP contribution in [-0.2, 0) is 4.74 Å². The number of hydrogen-bond acceptors (Lipinski definition) is 3. The molecule has 4 heteroatoms. The summed E-state index contributed by atoms with van der Waals surface area (Å²) in [4.78, 5) is 11.3. The fraction of sp³-hybridized carbons (Fsp3) is 0.300. The predicted octanol–water partition coefficient (Wildman–Crippen LogP) is 2.46. The van der Waals surface area contributed by atoms with Gasteiger partial charge in [-0.3, -0.25) is 0 Å². The van der Waals surface area contributed by atoms with Crippen molar-refractivity contribution in [3.63, 3.8) is 0 Å². The summed E-state index contributed by atoms with van der Waals surface area (Å²) in [5.74, 6) is 0. The largest absolute Gasteiger partial charge is 0.446 e. The van der Waals surface area contributed by atoms with Crippen LogP contribution in [0.1, 0.15) is 11.6 Å². The zero-order valence-corrected chi connectivity index (χ0v) is 8.66. The SMILES string of the molecule is CSN1C(=O)OC[C@H]1c1ccccc1. The fourth-order valence-corrected chi connectivity index (χ4v) is 2.16. The van der Waals surface area contributed by atoms with Gasteiger partial charge in [-0.15, -0.1) is 0 Å². The van der Waals surface area contributed by atoms with E-state index in [4.69, 9.17) is 4.74 Å². The number of ether oxygens (including phenoxy) is 1. The monoisotopic (exact) mass is 209 g/mol. The molecule has 0 bridgehead atoms. The topological polar surface area (TPSA) is 29.5 Å². The number of carbonyl (C=O) groups is 1. The second-order valence-electron chi connectivity index (χ2n) is 3.01. The molecule has 2 rings (SSSR count). The van der Waals surface area contributed by atoms with Crippen LogP contribution < -0.4 is 0 Å². The quantitative estimate of drug-likeness (QED) is 0.701. The molecule has 1 amide bonds. The van der Waals surface area contributed by atoms with Crippen molar-refractivity contribution in [1.29, 1.82) is 0 Å². The van der Waals surface area contributed by atoms with Gasteiger partial charge in [0.1, 0.15) is 12.6 Å². The number of benzene rings is 1. The number of cyclic esters (lactones) is 1. The minimum atomic E-state index is -0.244. The first kappa shape index (κ1) is 9.40. The van der Waals surface area contributed by atoms with E-state index in [2.05, 4.69) is 0 Å². The number of hydrogen-bond donors (Lipinski definition) is 0. The van der Waals surface area contributed by atoms with Gasteiger partial charge in [-0.25, -0.2) is 9.10 Å². The Morgan fingerprint density at radius 2 is 2.14 bits per heavy atom. The molecule has 0 saturated carbocycles. The van der Waals surface area contributed by atoms with Crippen LogP contribution in [0.5, 0.6) is 0 Å². The van der Waals surface area contributed by atoms with Gasteiger partial charge < -0.3 is 4.74 Å². The maximum Gasteiger partial charge on any atom is 0.420 e. The number of rotatable bonds is 2. The van der Waals surface area contributed by atoms with E-state index < -0.39 is 0 Å². The molecular weight excluding hydrogens is 198 g/mol. The van der Waals surface area contributed by atoms with Gasteiger partial charge in [0.15, 0.2) is 0 Å². The highest BCUT2D eigenvalue weighted by Gasteiger charge is 2.33. The highest BCUT2D eigenvalue weighted by Crippen LogP contribution is 2.31. The summed E-state index contributed by atoms with van der Waals surface area (Å²) in [7, 11) is 0. The van der Waals surface area contributed by atoms with Crippen LogP contribution in [0.2, 0.25) is 0 Å². The van der Waals surface area contributed by atoms with Crippen molar-refractivity contribution in [3.8, 4) is 0 Å². The lowest BCUT2D eigenvalue weighted by atomic mass is 10.1. The van der Waals surface area contributed by atoms with Crippen molar-refractivity contribution in [3.05, 3.63) is 35.9 Å². The molecule has 0 spiro atoms. The average Bonchev–Trinajstić information content (AvgIpc) is 2.61. The van der Waals surface area contributed by atoms with Crippen molar-refractivity contribution in [2.24, 2.45) is 0 Å². The molecular formula is C10H11NO2S. The van der Waals surface area contributed by atoms with Crippen LogP contribution in [0.25, 0.3) is 0 Å². The van der Waals surface area contributed by atoms with Gasteiger partial charge in [-0.1, -0.05) is 30.3 Å². The summed E-state index contributed by atoms with van der Waals surface area (Å²) in [6.07, 6.45) is 1.63. The Morgan fingerprint density at radius 3 is 2.79 bits per heavy atom. The first-order valence-electron chi connectivity index (χ1n) is 4.38. The summed E-state index contributed by atoms with van der Waals surface area (Å²) < 4.78 is 6.65. The standard InChI is InChI=1S/C10H11NO2S/c1-14-11-9(7-13-10(11)12)8-5-3-2-4-6-8/h2-6,9H,7H2,1H3/t9-/m0/s1. The lowest BCUT2D eigenvalue weighted by Crippen LogP contribution is -2.19. The Kier molecular flexibility index (Phi) is 2.63. The van der Waals surface area contributed by atoms with E-state index in [1.54, 1.807) is 4.31 Å². The molecule has 3 nitrogen and oxygen atoms in total. The molecule has 14 heavy (non-hydrogen) atoms. The maximum atomic E-state index is 11.3. The van der Waals surface area contributed by atoms with Gasteiger partial charge in [0, 0.05) is 6.26 Å². The Labute approximate surface area is 87.2 Å². The molecule has 1 aromatic rings. The molecule has 0 radical (unpaired) electrons. The van der Waals surface area contributed by atoms with E-state index in [9.17, 15) is 4.79 Å².